The second kappa shape index (κ2) is 7.38. The van der Waals surface area contributed by atoms with Crippen LogP contribution in [0.3, 0.4) is 0 Å². The van der Waals surface area contributed by atoms with E-state index in [1.54, 1.807) is 0 Å². The molecule has 2 heterocycles. The lowest BCUT2D eigenvalue weighted by Crippen LogP contribution is -2.54. The van der Waals surface area contributed by atoms with Crippen LogP contribution in [0.4, 0.5) is 0 Å². The van der Waals surface area contributed by atoms with E-state index in [-0.39, 0.29) is 6.61 Å². The predicted molar refractivity (Wildman–Crippen MR) is 83.5 cm³/mol. The molecule has 0 radical (unpaired) electrons. The smallest absolute Gasteiger partial charge is 0.0558 e. The number of hydrogen-bond donors (Lipinski definition) is 2. The van der Waals surface area contributed by atoms with E-state index < -0.39 is 0 Å². The molecule has 1 saturated carbocycles. The minimum atomic E-state index is 0.281. The maximum atomic E-state index is 9.03. The molecule has 0 bridgehead atoms. The maximum Gasteiger partial charge on any atom is 0.0558 e. The first kappa shape index (κ1) is 15.7. The average molecular weight is 297 g/mol. The molecule has 0 aromatic heterocycles. The zero-order valence-electron chi connectivity index (χ0n) is 13.2. The summed E-state index contributed by atoms with van der Waals surface area (Å²) >= 11 is 0. The number of hydrogen-bond acceptors (Lipinski definition) is 5. The number of nitrogens with zero attached hydrogens (tertiary/aromatic N) is 2. The molecule has 2 aliphatic heterocycles. The first-order chi connectivity index (χ1) is 10.3. The summed E-state index contributed by atoms with van der Waals surface area (Å²) in [7, 11) is 0. The van der Waals surface area contributed by atoms with Gasteiger partial charge in [-0.15, -0.1) is 0 Å². The highest BCUT2D eigenvalue weighted by Gasteiger charge is 2.37. The van der Waals surface area contributed by atoms with Crippen LogP contribution in [0.2, 0.25) is 0 Å². The van der Waals surface area contributed by atoms with Crippen molar-refractivity contribution >= 4 is 0 Å². The molecular formula is C16H31N3O2. The topological polar surface area (TPSA) is 48.0 Å². The van der Waals surface area contributed by atoms with Crippen LogP contribution in [0.25, 0.3) is 0 Å². The van der Waals surface area contributed by atoms with Crippen molar-refractivity contribution in [3.63, 3.8) is 0 Å². The van der Waals surface area contributed by atoms with E-state index in [1.165, 1.54) is 32.2 Å². The van der Waals surface area contributed by atoms with Gasteiger partial charge in [-0.1, -0.05) is 0 Å². The molecule has 122 valence electrons. The van der Waals surface area contributed by atoms with Crippen molar-refractivity contribution in [3.8, 4) is 0 Å². The summed E-state index contributed by atoms with van der Waals surface area (Å²) in [6, 6.07) is 0.783. The van der Waals surface area contributed by atoms with Crippen molar-refractivity contribution in [2.75, 3.05) is 65.6 Å². The SMILES string of the molecule is OCCN1CCN(CC2(CNC3CC3)CCCOC2)CC1. The van der Waals surface area contributed by atoms with Crippen LogP contribution in [0.5, 0.6) is 0 Å². The molecule has 1 atom stereocenters. The average Bonchev–Trinajstić information content (AvgIpc) is 3.33. The van der Waals surface area contributed by atoms with Gasteiger partial charge in [0.25, 0.3) is 0 Å². The minimum absolute atomic E-state index is 0.281. The van der Waals surface area contributed by atoms with Crippen molar-refractivity contribution in [1.29, 1.82) is 0 Å². The Kier molecular flexibility index (Phi) is 5.51. The quantitative estimate of drug-likeness (QED) is 0.700. The van der Waals surface area contributed by atoms with Gasteiger partial charge in [0.2, 0.25) is 0 Å². The van der Waals surface area contributed by atoms with Gasteiger partial charge < -0.3 is 20.1 Å². The van der Waals surface area contributed by atoms with Gasteiger partial charge >= 0.3 is 0 Å². The molecule has 0 spiro atoms. The molecule has 1 aliphatic carbocycles. The van der Waals surface area contributed by atoms with Gasteiger partial charge in [-0.3, -0.25) is 4.90 Å². The summed E-state index contributed by atoms with van der Waals surface area (Å²) in [5, 5.41) is 12.8. The van der Waals surface area contributed by atoms with E-state index in [1.807, 2.05) is 0 Å². The Morgan fingerprint density at radius 3 is 2.52 bits per heavy atom. The third-order valence-electron chi connectivity index (χ3n) is 5.19. The first-order valence-corrected chi connectivity index (χ1v) is 8.66. The molecule has 0 amide bonds. The van der Waals surface area contributed by atoms with Gasteiger partial charge in [0, 0.05) is 63.9 Å². The molecule has 21 heavy (non-hydrogen) atoms. The summed E-state index contributed by atoms with van der Waals surface area (Å²) in [5.41, 5.74) is 0.319. The van der Waals surface area contributed by atoms with Crippen LogP contribution in [0.1, 0.15) is 25.7 Å². The minimum Gasteiger partial charge on any atom is -0.395 e. The summed E-state index contributed by atoms with van der Waals surface area (Å²) in [5.74, 6) is 0. The highest BCUT2D eigenvalue weighted by atomic mass is 16.5. The van der Waals surface area contributed by atoms with Crippen molar-refractivity contribution in [2.45, 2.75) is 31.7 Å². The normalized spacial score (nSPS) is 32.4. The Bertz CT molecular complexity index is 309. The van der Waals surface area contributed by atoms with E-state index in [0.717, 1.165) is 58.5 Å². The van der Waals surface area contributed by atoms with Gasteiger partial charge in [-0.25, -0.2) is 0 Å². The van der Waals surface area contributed by atoms with E-state index in [0.29, 0.717) is 5.41 Å². The Labute approximate surface area is 128 Å². The fourth-order valence-electron chi connectivity index (χ4n) is 3.67. The number of aliphatic hydroxyl groups excluding tert-OH is 1. The Hall–Kier alpha value is -0.200. The molecule has 2 N–H and O–H groups in total. The van der Waals surface area contributed by atoms with Gasteiger partial charge in [-0.05, 0) is 25.7 Å². The monoisotopic (exact) mass is 297 g/mol. The molecule has 2 saturated heterocycles. The van der Waals surface area contributed by atoms with Gasteiger partial charge in [0.05, 0.1) is 13.2 Å². The fraction of sp³-hybridized carbons (Fsp3) is 1.00. The maximum absolute atomic E-state index is 9.03. The third-order valence-corrected chi connectivity index (χ3v) is 5.19. The van der Waals surface area contributed by atoms with Crippen molar-refractivity contribution < 1.29 is 9.84 Å². The van der Waals surface area contributed by atoms with Crippen molar-refractivity contribution in [2.24, 2.45) is 5.41 Å². The summed E-state index contributed by atoms with van der Waals surface area (Å²) < 4.78 is 5.83. The standard InChI is InChI=1S/C16H31N3O2/c20-10-9-18-5-7-19(8-6-18)13-16(4-1-11-21-14-16)12-17-15-2-3-15/h15,17,20H,1-14H2. The number of rotatable bonds is 7. The van der Waals surface area contributed by atoms with Crippen molar-refractivity contribution in [1.82, 2.24) is 15.1 Å². The van der Waals surface area contributed by atoms with Crippen LogP contribution >= 0.6 is 0 Å². The van der Waals surface area contributed by atoms with E-state index in [2.05, 4.69) is 15.1 Å². The number of piperazine rings is 1. The van der Waals surface area contributed by atoms with Crippen LogP contribution in [-0.2, 0) is 4.74 Å². The predicted octanol–water partition coefficient (Wildman–Crippen LogP) is 0.145. The largest absolute Gasteiger partial charge is 0.395 e. The number of aliphatic hydroxyl groups is 1. The number of nitrogens with one attached hydrogen (secondary N) is 1. The third kappa shape index (κ3) is 4.63. The van der Waals surface area contributed by atoms with Crippen molar-refractivity contribution in [3.05, 3.63) is 0 Å². The zero-order valence-corrected chi connectivity index (χ0v) is 13.2. The molecule has 5 nitrogen and oxygen atoms in total. The second-order valence-corrected chi connectivity index (χ2v) is 7.15. The summed E-state index contributed by atoms with van der Waals surface area (Å²) in [4.78, 5) is 4.97. The lowest BCUT2D eigenvalue weighted by molar-refractivity contribution is -0.0334. The molecule has 3 rings (SSSR count). The van der Waals surface area contributed by atoms with Gasteiger partial charge in [0.15, 0.2) is 0 Å². The zero-order chi connectivity index (χ0) is 14.5. The van der Waals surface area contributed by atoms with E-state index in [9.17, 15) is 0 Å². The molecule has 5 heteroatoms. The molecule has 0 aromatic rings. The van der Waals surface area contributed by atoms with E-state index >= 15 is 0 Å². The molecule has 1 unspecified atom stereocenters. The van der Waals surface area contributed by atoms with Gasteiger partial charge in [0.1, 0.15) is 0 Å². The lowest BCUT2D eigenvalue weighted by atomic mass is 9.81. The Balaban J connectivity index is 1.49. The first-order valence-electron chi connectivity index (χ1n) is 8.66. The summed E-state index contributed by atoms with van der Waals surface area (Å²) in [6.45, 7) is 9.69. The molecule has 3 aliphatic rings. The van der Waals surface area contributed by atoms with Gasteiger partial charge in [-0.2, -0.15) is 0 Å². The second-order valence-electron chi connectivity index (χ2n) is 7.15. The lowest BCUT2D eigenvalue weighted by Gasteiger charge is -2.43. The van der Waals surface area contributed by atoms with Crippen LogP contribution in [0.15, 0.2) is 0 Å². The fourth-order valence-corrected chi connectivity index (χ4v) is 3.67. The number of ether oxygens (including phenoxy) is 1. The Morgan fingerprint density at radius 1 is 1.14 bits per heavy atom. The highest BCUT2D eigenvalue weighted by molar-refractivity contribution is 4.92. The molecule has 3 fully saturated rings. The number of β-amino-alcohol motifs (C(OH)–C–C–N with tert-alkyl or cyclic N) is 1. The van der Waals surface area contributed by atoms with Crippen LogP contribution in [0, 0.1) is 5.41 Å². The summed E-state index contributed by atoms with van der Waals surface area (Å²) in [6.07, 6.45) is 5.22. The Morgan fingerprint density at radius 2 is 1.90 bits per heavy atom. The van der Waals surface area contributed by atoms with Crippen LogP contribution in [-0.4, -0.2) is 86.6 Å². The van der Waals surface area contributed by atoms with Crippen LogP contribution < -0.4 is 5.32 Å². The molecular weight excluding hydrogens is 266 g/mol. The molecule has 0 aromatic carbocycles. The highest BCUT2D eigenvalue weighted by Crippen LogP contribution is 2.31. The van der Waals surface area contributed by atoms with E-state index in [4.69, 9.17) is 9.84 Å².